The number of alkyl halides is 2. The first-order valence-corrected chi connectivity index (χ1v) is 9.78. The van der Waals surface area contributed by atoms with Crippen molar-refractivity contribution >= 4 is 22.8 Å². The van der Waals surface area contributed by atoms with E-state index in [1.807, 2.05) is 13.0 Å². The number of hydrogen-bond donors (Lipinski definition) is 1. The van der Waals surface area contributed by atoms with Gasteiger partial charge in [-0.15, -0.1) is 0 Å². The molecule has 5 rings (SSSR count). The lowest BCUT2D eigenvalue weighted by molar-refractivity contribution is 0.122. The third kappa shape index (κ3) is 3.73. The minimum Gasteiger partial charge on any atom is -0.442 e. The molecule has 0 aliphatic heterocycles. The molecule has 0 aliphatic rings. The van der Waals surface area contributed by atoms with Crippen LogP contribution >= 0.6 is 0 Å². The van der Waals surface area contributed by atoms with Gasteiger partial charge in [0.1, 0.15) is 17.8 Å². The van der Waals surface area contributed by atoms with Gasteiger partial charge in [0.2, 0.25) is 5.95 Å². The lowest BCUT2D eigenvalue weighted by Crippen LogP contribution is -2.20. The van der Waals surface area contributed by atoms with Crippen LogP contribution in [0.15, 0.2) is 52.7 Å². The summed E-state index contributed by atoms with van der Waals surface area (Å²) >= 11 is 0. The topological polar surface area (TPSA) is 121 Å². The molecule has 0 aliphatic carbocycles. The normalized spacial score (nSPS) is 11.5. The molecule has 5 aromatic rings. The maximum Gasteiger partial charge on any atom is 0.334 e. The Hall–Kier alpha value is -4.42. The fourth-order valence-electron chi connectivity index (χ4n) is 3.40. The maximum absolute atomic E-state index is 12.8. The van der Waals surface area contributed by atoms with Gasteiger partial charge >= 0.3 is 5.69 Å². The smallest absolute Gasteiger partial charge is 0.334 e. The Labute approximate surface area is 184 Å². The van der Waals surface area contributed by atoms with E-state index in [0.717, 1.165) is 10.2 Å². The fraction of sp³-hybridized carbons (Fsp3) is 0.200. The van der Waals surface area contributed by atoms with Gasteiger partial charge in [-0.3, -0.25) is 14.2 Å². The highest BCUT2D eigenvalue weighted by atomic mass is 19.3. The molecule has 0 saturated carbocycles. The Bertz CT molecular complexity index is 1500. The molecular weight excluding hydrogens is 436 g/mol. The van der Waals surface area contributed by atoms with Crippen LogP contribution in [0, 0.1) is 6.92 Å². The van der Waals surface area contributed by atoms with Crippen molar-refractivity contribution in [2.75, 3.05) is 5.32 Å². The molecule has 0 radical (unpaired) electrons. The van der Waals surface area contributed by atoms with Gasteiger partial charge in [-0.25, -0.2) is 28.1 Å². The highest BCUT2D eigenvalue weighted by Crippen LogP contribution is 2.24. The average molecular weight is 453 g/mol. The summed E-state index contributed by atoms with van der Waals surface area (Å²) in [6.45, 7) is 1.32. The second kappa shape index (κ2) is 7.93. The Kier molecular flexibility index (Phi) is 4.92. The van der Waals surface area contributed by atoms with Crippen LogP contribution in [0.3, 0.4) is 0 Å². The van der Waals surface area contributed by atoms with Crippen molar-refractivity contribution in [2.45, 2.75) is 19.9 Å². The summed E-state index contributed by atoms with van der Waals surface area (Å²) in [5, 5.41) is 7.01. The molecule has 1 N–H and O–H groups in total. The summed E-state index contributed by atoms with van der Waals surface area (Å²) in [4.78, 5) is 29.9. The van der Waals surface area contributed by atoms with Crippen LogP contribution in [-0.4, -0.2) is 45.3 Å². The van der Waals surface area contributed by atoms with Gasteiger partial charge in [-0.05, 0) is 18.6 Å². The highest BCUT2D eigenvalue weighted by molar-refractivity contribution is 5.75. The van der Waals surface area contributed by atoms with Crippen molar-refractivity contribution in [3.63, 3.8) is 0 Å². The van der Waals surface area contributed by atoms with E-state index in [4.69, 9.17) is 4.42 Å². The standard InChI is InChI=1S/C20H17F2N9O2/c1-11-3-13(16-7-23-10-33-16)24-5-14(11)27-19-25-6-15-18(28-19)31(20(32)29(15)2)12-4-26-30(8-12)9-17(21)22/h3-8,10,17H,9H2,1-2H3,(H,25,27,28). The van der Waals surface area contributed by atoms with Crippen molar-refractivity contribution in [1.29, 1.82) is 0 Å². The molecule has 0 bridgehead atoms. The molecule has 13 heteroatoms. The van der Waals surface area contributed by atoms with E-state index in [2.05, 4.69) is 30.4 Å². The molecule has 5 aromatic heterocycles. The van der Waals surface area contributed by atoms with Gasteiger partial charge in [-0.1, -0.05) is 0 Å². The van der Waals surface area contributed by atoms with Crippen molar-refractivity contribution in [3.05, 3.63) is 59.5 Å². The number of aryl methyl sites for hydroxylation is 2. The van der Waals surface area contributed by atoms with Crippen molar-refractivity contribution in [3.8, 4) is 17.1 Å². The van der Waals surface area contributed by atoms with Crippen molar-refractivity contribution in [1.82, 2.24) is 38.9 Å². The van der Waals surface area contributed by atoms with Gasteiger partial charge in [0.15, 0.2) is 17.8 Å². The van der Waals surface area contributed by atoms with E-state index in [0.29, 0.717) is 34.0 Å². The average Bonchev–Trinajstić information content (AvgIpc) is 3.51. The SMILES string of the molecule is Cc1cc(-c2cnco2)ncc1Nc1ncc2c(n1)n(-c1cnn(CC(F)F)c1)c(=O)n2C. The fourth-order valence-corrected chi connectivity index (χ4v) is 3.40. The molecule has 0 fully saturated rings. The largest absolute Gasteiger partial charge is 0.442 e. The van der Waals surface area contributed by atoms with Gasteiger partial charge in [-0.2, -0.15) is 10.1 Å². The molecule has 0 amide bonds. The number of halogens is 2. The molecule has 0 unspecified atom stereocenters. The zero-order valence-electron chi connectivity index (χ0n) is 17.5. The van der Waals surface area contributed by atoms with Crippen LogP contribution in [-0.2, 0) is 13.6 Å². The van der Waals surface area contributed by atoms with Gasteiger partial charge < -0.3 is 9.73 Å². The summed E-state index contributed by atoms with van der Waals surface area (Å²) in [7, 11) is 1.58. The van der Waals surface area contributed by atoms with Crippen LogP contribution in [0.25, 0.3) is 28.3 Å². The molecule has 0 spiro atoms. The minimum atomic E-state index is -2.56. The summed E-state index contributed by atoms with van der Waals surface area (Å²) in [6, 6.07) is 1.83. The number of oxazole rings is 1. The van der Waals surface area contributed by atoms with E-state index in [9.17, 15) is 13.6 Å². The van der Waals surface area contributed by atoms with Gasteiger partial charge in [0.25, 0.3) is 6.43 Å². The molecule has 0 atom stereocenters. The summed E-state index contributed by atoms with van der Waals surface area (Å²) in [6.07, 6.45) is 6.19. The van der Waals surface area contributed by atoms with E-state index in [1.165, 1.54) is 34.1 Å². The Morgan fingerprint density at radius 1 is 1.18 bits per heavy atom. The summed E-state index contributed by atoms with van der Waals surface area (Å²) < 4.78 is 34.4. The lowest BCUT2D eigenvalue weighted by atomic mass is 10.2. The molecule has 0 aromatic carbocycles. The first-order chi connectivity index (χ1) is 15.9. The zero-order valence-corrected chi connectivity index (χ0v) is 17.5. The van der Waals surface area contributed by atoms with Crippen LogP contribution in [0.1, 0.15) is 5.56 Å². The van der Waals surface area contributed by atoms with Gasteiger partial charge in [0.05, 0.1) is 36.2 Å². The van der Waals surface area contributed by atoms with Crippen LogP contribution in [0.2, 0.25) is 0 Å². The predicted octanol–water partition coefficient (Wildman–Crippen LogP) is 2.68. The number of hydrogen-bond acceptors (Lipinski definition) is 8. The molecule has 0 saturated heterocycles. The molecular formula is C20H17F2N9O2. The quantitative estimate of drug-likeness (QED) is 0.417. The number of imidazole rings is 1. The van der Waals surface area contributed by atoms with E-state index in [-0.39, 0.29) is 5.95 Å². The second-order valence-electron chi connectivity index (χ2n) is 7.27. The predicted molar refractivity (Wildman–Crippen MR) is 114 cm³/mol. The molecule has 33 heavy (non-hydrogen) atoms. The first kappa shape index (κ1) is 20.5. The highest BCUT2D eigenvalue weighted by Gasteiger charge is 2.18. The zero-order chi connectivity index (χ0) is 23.1. The van der Waals surface area contributed by atoms with Crippen LogP contribution in [0.4, 0.5) is 20.4 Å². The lowest BCUT2D eigenvalue weighted by Gasteiger charge is -2.09. The maximum atomic E-state index is 12.8. The number of nitrogens with one attached hydrogen (secondary N) is 1. The third-order valence-corrected chi connectivity index (χ3v) is 5.05. The summed E-state index contributed by atoms with van der Waals surface area (Å²) in [5.74, 6) is 0.780. The first-order valence-electron chi connectivity index (χ1n) is 9.78. The van der Waals surface area contributed by atoms with Crippen molar-refractivity contribution < 1.29 is 13.2 Å². The Morgan fingerprint density at radius 2 is 2.03 bits per heavy atom. The van der Waals surface area contributed by atoms with Gasteiger partial charge in [0, 0.05) is 13.2 Å². The number of rotatable bonds is 6. The number of fused-ring (bicyclic) bond motifs is 1. The number of anilines is 2. The molecule has 168 valence electrons. The Balaban J connectivity index is 1.51. The second-order valence-corrected chi connectivity index (χ2v) is 7.27. The number of pyridine rings is 1. The van der Waals surface area contributed by atoms with Crippen LogP contribution < -0.4 is 11.0 Å². The van der Waals surface area contributed by atoms with E-state index in [1.54, 1.807) is 19.4 Å². The third-order valence-electron chi connectivity index (χ3n) is 5.05. The summed E-state index contributed by atoms with van der Waals surface area (Å²) in [5.41, 5.74) is 2.85. The monoisotopic (exact) mass is 453 g/mol. The van der Waals surface area contributed by atoms with E-state index >= 15 is 0 Å². The molecule has 11 nitrogen and oxygen atoms in total. The van der Waals surface area contributed by atoms with Crippen molar-refractivity contribution in [2.24, 2.45) is 7.05 Å². The van der Waals surface area contributed by atoms with Crippen LogP contribution in [0.5, 0.6) is 0 Å². The number of aromatic nitrogens is 8. The molecule has 5 heterocycles. The number of nitrogens with zero attached hydrogens (tertiary/aromatic N) is 8. The van der Waals surface area contributed by atoms with E-state index < -0.39 is 18.7 Å². The Morgan fingerprint density at radius 3 is 2.76 bits per heavy atom. The minimum absolute atomic E-state index is 0.235.